The van der Waals surface area contributed by atoms with Crippen LogP contribution in [0.3, 0.4) is 0 Å². The minimum absolute atomic E-state index is 0.0167. The normalized spacial score (nSPS) is 11.2. The first-order valence-corrected chi connectivity index (χ1v) is 9.19. The van der Waals surface area contributed by atoms with Gasteiger partial charge in [0.15, 0.2) is 0 Å². The molecule has 2 heterocycles. The summed E-state index contributed by atoms with van der Waals surface area (Å²) in [4.78, 5) is 13.0. The fourth-order valence-electron chi connectivity index (χ4n) is 2.45. The average molecular weight is 440 g/mol. The van der Waals surface area contributed by atoms with Crippen molar-refractivity contribution in [1.29, 1.82) is 0 Å². The molecule has 0 aliphatic heterocycles. The smallest absolute Gasteiger partial charge is 0.404 e. The molecule has 0 bridgehead atoms. The van der Waals surface area contributed by atoms with Crippen molar-refractivity contribution in [2.24, 2.45) is 0 Å². The molecule has 0 aliphatic rings. The molecule has 0 unspecified atom stereocenters. The van der Waals surface area contributed by atoms with Crippen LogP contribution in [0.5, 0.6) is 5.75 Å². The molecule has 3 N–H and O–H groups in total. The van der Waals surface area contributed by atoms with E-state index in [4.69, 9.17) is 16.7 Å². The highest BCUT2D eigenvalue weighted by Gasteiger charge is 2.32. The van der Waals surface area contributed by atoms with Crippen LogP contribution in [0.25, 0.3) is 11.4 Å². The summed E-state index contributed by atoms with van der Waals surface area (Å²) < 4.78 is 41.1. The van der Waals surface area contributed by atoms with Gasteiger partial charge in [0.25, 0.3) is 0 Å². The van der Waals surface area contributed by atoms with Gasteiger partial charge in [-0.1, -0.05) is 17.7 Å². The van der Waals surface area contributed by atoms with E-state index in [0.717, 1.165) is 6.07 Å². The minimum Gasteiger partial charge on any atom is -0.404 e. The molecular formula is C19H17ClF3N5O2. The summed E-state index contributed by atoms with van der Waals surface area (Å²) in [6.45, 7) is 0.472. The van der Waals surface area contributed by atoms with Gasteiger partial charge < -0.3 is 20.5 Å². The van der Waals surface area contributed by atoms with Crippen LogP contribution in [0, 0.1) is 0 Å². The van der Waals surface area contributed by atoms with Crippen molar-refractivity contribution in [3.8, 4) is 17.1 Å². The van der Waals surface area contributed by atoms with Crippen molar-refractivity contribution >= 4 is 29.1 Å². The first-order chi connectivity index (χ1) is 14.3. The van der Waals surface area contributed by atoms with Gasteiger partial charge in [-0.25, -0.2) is 4.98 Å². The van der Waals surface area contributed by atoms with Gasteiger partial charge in [0.2, 0.25) is 5.95 Å². The number of rotatable bonds is 8. The van der Waals surface area contributed by atoms with E-state index in [-0.39, 0.29) is 11.6 Å². The number of aliphatic hydroxyl groups is 1. The van der Waals surface area contributed by atoms with E-state index in [0.29, 0.717) is 41.8 Å². The van der Waals surface area contributed by atoms with E-state index in [1.54, 1.807) is 24.4 Å². The number of benzene rings is 1. The summed E-state index contributed by atoms with van der Waals surface area (Å²) in [5.41, 5.74) is 1.55. The predicted octanol–water partition coefficient (Wildman–Crippen LogP) is 4.63. The van der Waals surface area contributed by atoms with E-state index in [1.807, 2.05) is 6.07 Å². The molecule has 11 heteroatoms. The molecule has 3 aromatic rings. The van der Waals surface area contributed by atoms with Crippen LogP contribution in [0.15, 0.2) is 48.7 Å². The lowest BCUT2D eigenvalue weighted by Crippen LogP contribution is -2.17. The van der Waals surface area contributed by atoms with Crippen molar-refractivity contribution in [2.45, 2.75) is 12.8 Å². The number of nitrogens with one attached hydrogen (secondary N) is 2. The molecule has 0 fully saturated rings. The summed E-state index contributed by atoms with van der Waals surface area (Å²) in [6.07, 6.45) is -2.70. The number of alkyl halides is 3. The molecular weight excluding hydrogens is 423 g/mol. The van der Waals surface area contributed by atoms with E-state index in [9.17, 15) is 13.2 Å². The first kappa shape index (κ1) is 21.6. The number of hydrogen-bond donors (Lipinski definition) is 3. The van der Waals surface area contributed by atoms with Gasteiger partial charge in [0.05, 0.1) is 16.4 Å². The Morgan fingerprint density at radius 3 is 2.57 bits per heavy atom. The van der Waals surface area contributed by atoms with Crippen molar-refractivity contribution in [2.75, 3.05) is 23.8 Å². The molecule has 158 valence electrons. The maximum absolute atomic E-state index is 12.4. The van der Waals surface area contributed by atoms with Gasteiger partial charge in [0.1, 0.15) is 11.6 Å². The number of aliphatic hydroxyl groups excluding tert-OH is 1. The van der Waals surface area contributed by atoms with Gasteiger partial charge in [-0.3, -0.25) is 4.98 Å². The number of anilines is 3. The Balaban J connectivity index is 1.87. The number of aromatic nitrogens is 3. The van der Waals surface area contributed by atoms with Crippen LogP contribution in [0.4, 0.5) is 30.6 Å². The SMILES string of the molecule is OCCCNc1nc(Nc2ccc(OC(F)(F)F)c(Cl)c2)cc(-c2ccccn2)n1. The molecule has 3 rings (SSSR count). The van der Waals surface area contributed by atoms with Gasteiger partial charge in [0, 0.05) is 31.1 Å². The van der Waals surface area contributed by atoms with Crippen LogP contribution in [0.2, 0.25) is 5.02 Å². The fraction of sp³-hybridized carbons (Fsp3) is 0.211. The highest BCUT2D eigenvalue weighted by atomic mass is 35.5. The highest BCUT2D eigenvalue weighted by Crippen LogP contribution is 2.33. The van der Waals surface area contributed by atoms with Gasteiger partial charge in [-0.2, -0.15) is 4.98 Å². The Morgan fingerprint density at radius 1 is 1.07 bits per heavy atom. The zero-order valence-electron chi connectivity index (χ0n) is 15.4. The largest absolute Gasteiger partial charge is 0.573 e. The standard InChI is InChI=1S/C19H17ClF3N5O2/c20-13-10-12(5-6-16(13)30-19(21,22)23)26-17-11-15(14-4-1-2-7-24-14)27-18(28-17)25-8-3-9-29/h1-2,4-7,10-11,29H,3,8-9H2,(H2,25,26,27,28). The molecule has 0 saturated carbocycles. The third kappa shape index (κ3) is 6.19. The van der Waals surface area contributed by atoms with Crippen LogP contribution in [-0.4, -0.2) is 39.6 Å². The summed E-state index contributed by atoms with van der Waals surface area (Å²) in [5.74, 6) is 0.174. The van der Waals surface area contributed by atoms with Gasteiger partial charge in [-0.05, 0) is 36.8 Å². The first-order valence-electron chi connectivity index (χ1n) is 8.81. The molecule has 7 nitrogen and oxygen atoms in total. The zero-order valence-corrected chi connectivity index (χ0v) is 16.2. The van der Waals surface area contributed by atoms with Crippen molar-refractivity contribution in [3.63, 3.8) is 0 Å². The average Bonchev–Trinajstić information content (AvgIpc) is 2.70. The Morgan fingerprint density at radius 2 is 1.90 bits per heavy atom. The molecule has 0 radical (unpaired) electrons. The van der Waals surface area contributed by atoms with E-state index in [1.165, 1.54) is 12.1 Å². The van der Waals surface area contributed by atoms with Gasteiger partial charge in [-0.15, -0.1) is 13.2 Å². The topological polar surface area (TPSA) is 92.2 Å². The second-order valence-corrected chi connectivity index (χ2v) is 6.41. The monoisotopic (exact) mass is 439 g/mol. The second kappa shape index (κ2) is 9.59. The summed E-state index contributed by atoms with van der Waals surface area (Å²) >= 11 is 5.90. The highest BCUT2D eigenvalue weighted by molar-refractivity contribution is 6.32. The molecule has 30 heavy (non-hydrogen) atoms. The van der Waals surface area contributed by atoms with E-state index < -0.39 is 12.1 Å². The Bertz CT molecular complexity index is 990. The summed E-state index contributed by atoms with van der Waals surface area (Å²) in [5, 5.41) is 14.7. The Labute approximate surface area is 174 Å². The number of halogens is 4. The third-order valence-corrected chi connectivity index (χ3v) is 4.00. The second-order valence-electron chi connectivity index (χ2n) is 6.00. The predicted molar refractivity (Wildman–Crippen MR) is 107 cm³/mol. The minimum atomic E-state index is -4.84. The Hall–Kier alpha value is -3.11. The molecule has 0 amide bonds. The van der Waals surface area contributed by atoms with Crippen molar-refractivity contribution in [1.82, 2.24) is 15.0 Å². The molecule has 2 aromatic heterocycles. The molecule has 0 aliphatic carbocycles. The summed E-state index contributed by atoms with van der Waals surface area (Å²) in [6, 6.07) is 10.8. The number of pyridine rings is 1. The van der Waals surface area contributed by atoms with Crippen LogP contribution < -0.4 is 15.4 Å². The van der Waals surface area contributed by atoms with Gasteiger partial charge >= 0.3 is 6.36 Å². The molecule has 0 spiro atoms. The molecule has 0 saturated heterocycles. The maximum atomic E-state index is 12.4. The third-order valence-electron chi connectivity index (χ3n) is 3.70. The van der Waals surface area contributed by atoms with E-state index in [2.05, 4.69) is 30.3 Å². The van der Waals surface area contributed by atoms with Crippen LogP contribution >= 0.6 is 11.6 Å². The molecule has 1 aromatic carbocycles. The lowest BCUT2D eigenvalue weighted by molar-refractivity contribution is -0.274. The number of nitrogens with zero attached hydrogens (tertiary/aromatic N) is 3. The van der Waals surface area contributed by atoms with Crippen LogP contribution in [0.1, 0.15) is 6.42 Å². The lowest BCUT2D eigenvalue weighted by Gasteiger charge is -2.13. The molecule has 0 atom stereocenters. The lowest BCUT2D eigenvalue weighted by atomic mass is 10.2. The van der Waals surface area contributed by atoms with Crippen molar-refractivity contribution < 1.29 is 23.0 Å². The quantitative estimate of drug-likeness (QED) is 0.441. The number of ether oxygens (including phenoxy) is 1. The fourth-order valence-corrected chi connectivity index (χ4v) is 2.67. The zero-order chi connectivity index (χ0) is 21.6. The van der Waals surface area contributed by atoms with Crippen molar-refractivity contribution in [3.05, 3.63) is 53.7 Å². The summed E-state index contributed by atoms with van der Waals surface area (Å²) in [7, 11) is 0. The van der Waals surface area contributed by atoms with E-state index >= 15 is 0 Å². The maximum Gasteiger partial charge on any atom is 0.573 e. The van der Waals surface area contributed by atoms with Crippen LogP contribution in [-0.2, 0) is 0 Å². The Kier molecular flexibility index (Phi) is 6.91. The number of hydrogen-bond acceptors (Lipinski definition) is 7.